The molecule has 1 aromatic rings. The third kappa shape index (κ3) is 4.97. The second kappa shape index (κ2) is 8.70. The zero-order valence-corrected chi connectivity index (χ0v) is 14.5. The number of hydrogen-bond donors (Lipinski definition) is 4. The third-order valence-corrected chi connectivity index (χ3v) is 4.04. The first-order valence-electron chi connectivity index (χ1n) is 8.44. The molecule has 0 saturated heterocycles. The summed E-state index contributed by atoms with van der Waals surface area (Å²) in [4.78, 5) is 4.13. The summed E-state index contributed by atoms with van der Waals surface area (Å²) < 4.78 is 6.00. The normalized spacial score (nSPS) is 21.5. The van der Waals surface area contributed by atoms with E-state index in [4.69, 9.17) is 10.5 Å². The van der Waals surface area contributed by atoms with Crippen molar-refractivity contribution in [2.24, 2.45) is 10.7 Å². The first kappa shape index (κ1) is 18.3. The predicted octanol–water partition coefficient (Wildman–Crippen LogP) is 1.82. The maximum atomic E-state index is 9.29. The molecule has 1 aliphatic rings. The molecule has 6 heteroatoms. The third-order valence-electron chi connectivity index (χ3n) is 4.04. The van der Waals surface area contributed by atoms with E-state index in [1.165, 1.54) is 0 Å². The molecule has 0 amide bonds. The van der Waals surface area contributed by atoms with Crippen molar-refractivity contribution in [3.63, 3.8) is 0 Å². The molecular weight excluding hydrogens is 304 g/mol. The molecule has 24 heavy (non-hydrogen) atoms. The van der Waals surface area contributed by atoms with Gasteiger partial charge in [-0.2, -0.15) is 0 Å². The molecule has 0 bridgehead atoms. The van der Waals surface area contributed by atoms with Crippen LogP contribution in [0.4, 0.5) is 0 Å². The smallest absolute Gasteiger partial charge is 0.195 e. The molecule has 2 rings (SSSR count). The monoisotopic (exact) mass is 332 g/mol. The summed E-state index contributed by atoms with van der Waals surface area (Å²) in [6, 6.07) is 10.1. The maximum Gasteiger partial charge on any atom is 0.195 e. The Hall–Kier alpha value is -2.05. The molecule has 6 nitrogen and oxygen atoms in total. The topological polar surface area (TPSA) is 91.9 Å². The highest BCUT2D eigenvalue weighted by molar-refractivity contribution is 5.80. The molecule has 5 N–H and O–H groups in total. The lowest BCUT2D eigenvalue weighted by atomic mass is 10.0. The van der Waals surface area contributed by atoms with Crippen molar-refractivity contribution >= 4 is 5.96 Å². The highest BCUT2D eigenvalue weighted by atomic mass is 16.5. The minimum atomic E-state index is -0.657. The van der Waals surface area contributed by atoms with Crippen molar-refractivity contribution in [2.45, 2.75) is 51.4 Å². The van der Waals surface area contributed by atoms with Crippen LogP contribution in [-0.4, -0.2) is 29.4 Å². The van der Waals surface area contributed by atoms with E-state index in [0.717, 1.165) is 18.4 Å². The van der Waals surface area contributed by atoms with Crippen LogP contribution in [0.2, 0.25) is 0 Å². The molecule has 0 aliphatic carbocycles. The molecule has 0 radical (unpaired) electrons. The fourth-order valence-electron chi connectivity index (χ4n) is 2.83. The molecule has 1 unspecified atom stereocenters. The van der Waals surface area contributed by atoms with Gasteiger partial charge >= 0.3 is 0 Å². The highest BCUT2D eigenvalue weighted by Crippen LogP contribution is 2.22. The number of ether oxygens (including phenoxy) is 1. The molecular formula is C18H28N4O2. The van der Waals surface area contributed by atoms with Gasteiger partial charge in [-0.3, -0.25) is 5.32 Å². The second-order valence-corrected chi connectivity index (χ2v) is 6.17. The maximum absolute atomic E-state index is 9.29. The lowest BCUT2D eigenvalue weighted by Gasteiger charge is -2.39. The van der Waals surface area contributed by atoms with E-state index in [0.29, 0.717) is 24.7 Å². The van der Waals surface area contributed by atoms with Crippen LogP contribution in [-0.2, 0) is 11.3 Å². The van der Waals surface area contributed by atoms with E-state index < -0.39 is 5.66 Å². The number of guanidine groups is 1. The van der Waals surface area contributed by atoms with Crippen LogP contribution in [0.3, 0.4) is 0 Å². The van der Waals surface area contributed by atoms with Crippen molar-refractivity contribution in [1.82, 2.24) is 10.6 Å². The van der Waals surface area contributed by atoms with Crippen LogP contribution in [0.25, 0.3) is 0 Å². The minimum Gasteiger partial charge on any atom is -0.488 e. The van der Waals surface area contributed by atoms with Gasteiger partial charge in [-0.1, -0.05) is 43.7 Å². The summed E-state index contributed by atoms with van der Waals surface area (Å²) in [5.74, 6) is 1.02. The lowest BCUT2D eigenvalue weighted by Crippen LogP contribution is -2.63. The van der Waals surface area contributed by atoms with Crippen LogP contribution in [0.1, 0.15) is 38.7 Å². The summed E-state index contributed by atoms with van der Waals surface area (Å²) in [6.07, 6.45) is 4.32. The van der Waals surface area contributed by atoms with Gasteiger partial charge in [0, 0.05) is 12.6 Å². The van der Waals surface area contributed by atoms with E-state index in [1.54, 1.807) is 6.20 Å². The fourth-order valence-corrected chi connectivity index (χ4v) is 2.83. The first-order chi connectivity index (χ1) is 11.6. The van der Waals surface area contributed by atoms with Gasteiger partial charge in [0.2, 0.25) is 0 Å². The number of aliphatic hydroxyl groups is 1. The number of nitrogens with one attached hydrogen (secondary N) is 2. The van der Waals surface area contributed by atoms with Gasteiger partial charge in [-0.05, 0) is 25.3 Å². The number of rotatable bonds is 9. The van der Waals surface area contributed by atoms with Gasteiger partial charge in [0.15, 0.2) is 11.7 Å². The lowest BCUT2D eigenvalue weighted by molar-refractivity contribution is 0.118. The Labute approximate surface area is 143 Å². The van der Waals surface area contributed by atoms with E-state index in [9.17, 15) is 5.11 Å². The molecule has 2 atom stereocenters. The Morgan fingerprint density at radius 3 is 2.75 bits per heavy atom. The molecule has 0 fully saturated rings. The Morgan fingerprint density at radius 2 is 2.08 bits per heavy atom. The van der Waals surface area contributed by atoms with Crippen LogP contribution < -0.4 is 16.4 Å². The summed E-state index contributed by atoms with van der Waals surface area (Å²) >= 11 is 0. The summed E-state index contributed by atoms with van der Waals surface area (Å²) in [6.45, 7) is 4.70. The fraction of sp³-hybridized carbons (Fsp3) is 0.500. The molecule has 0 aromatic heterocycles. The average Bonchev–Trinajstić information content (AvgIpc) is 2.55. The number of nitrogens with two attached hydrogens (primary N) is 1. The number of nitrogens with zero attached hydrogens (tertiary/aromatic N) is 1. The van der Waals surface area contributed by atoms with Crippen molar-refractivity contribution in [1.29, 1.82) is 0 Å². The number of benzene rings is 1. The average molecular weight is 332 g/mol. The number of hydrogen-bond acceptors (Lipinski definition) is 6. The Morgan fingerprint density at radius 1 is 1.33 bits per heavy atom. The van der Waals surface area contributed by atoms with Crippen molar-refractivity contribution in [3.8, 4) is 0 Å². The molecule has 1 heterocycles. The van der Waals surface area contributed by atoms with E-state index in [2.05, 4.69) is 22.5 Å². The van der Waals surface area contributed by atoms with E-state index >= 15 is 0 Å². The molecule has 0 saturated carbocycles. The van der Waals surface area contributed by atoms with Crippen LogP contribution in [0, 0.1) is 0 Å². The van der Waals surface area contributed by atoms with Crippen LogP contribution >= 0.6 is 0 Å². The highest BCUT2D eigenvalue weighted by Gasteiger charge is 2.35. The van der Waals surface area contributed by atoms with Gasteiger partial charge < -0.3 is 20.9 Å². The van der Waals surface area contributed by atoms with Gasteiger partial charge in [-0.25, -0.2) is 4.99 Å². The summed E-state index contributed by atoms with van der Waals surface area (Å²) in [5.41, 5.74) is 6.28. The SMILES string of the molecule is CCC[C@H](CCO)NC1(C)NC(N)=NC=C1OCc1ccccc1. The molecule has 1 aliphatic heterocycles. The minimum absolute atomic E-state index is 0.140. The molecule has 0 spiro atoms. The Bertz CT molecular complexity index is 568. The predicted molar refractivity (Wildman–Crippen MR) is 96.0 cm³/mol. The second-order valence-electron chi connectivity index (χ2n) is 6.17. The molecule has 132 valence electrons. The Balaban J connectivity index is 2.09. The van der Waals surface area contributed by atoms with E-state index in [-0.39, 0.29) is 12.6 Å². The summed E-state index contributed by atoms with van der Waals surface area (Å²) in [5, 5.41) is 16.0. The zero-order chi connectivity index (χ0) is 17.4. The van der Waals surface area contributed by atoms with Crippen LogP contribution in [0.15, 0.2) is 47.3 Å². The number of aliphatic imine (C=N–C) groups is 1. The van der Waals surface area contributed by atoms with Gasteiger partial charge in [0.25, 0.3) is 0 Å². The van der Waals surface area contributed by atoms with Crippen molar-refractivity contribution in [3.05, 3.63) is 47.9 Å². The van der Waals surface area contributed by atoms with Crippen molar-refractivity contribution in [2.75, 3.05) is 6.61 Å². The summed E-state index contributed by atoms with van der Waals surface area (Å²) in [7, 11) is 0. The van der Waals surface area contributed by atoms with Gasteiger partial charge in [0.1, 0.15) is 12.3 Å². The quantitative estimate of drug-likeness (QED) is 0.554. The van der Waals surface area contributed by atoms with E-state index in [1.807, 2.05) is 37.3 Å². The number of aliphatic hydroxyl groups excluding tert-OH is 1. The Kier molecular flexibility index (Phi) is 6.63. The van der Waals surface area contributed by atoms with Crippen LogP contribution in [0.5, 0.6) is 0 Å². The first-order valence-corrected chi connectivity index (χ1v) is 8.44. The largest absolute Gasteiger partial charge is 0.488 e. The van der Waals surface area contributed by atoms with Gasteiger partial charge in [-0.15, -0.1) is 0 Å². The molecule has 1 aromatic carbocycles. The zero-order valence-electron chi connectivity index (χ0n) is 14.5. The van der Waals surface area contributed by atoms with Crippen molar-refractivity contribution < 1.29 is 9.84 Å². The standard InChI is InChI=1S/C18H28N4O2/c1-3-7-15(10-11-23)21-18(2)16(12-20-17(19)22-18)24-13-14-8-5-4-6-9-14/h4-6,8-9,12,15,21,23H,3,7,10-11,13H2,1-2H3,(H3,19,20,22)/t15-,18?/m1/s1. The van der Waals surface area contributed by atoms with Gasteiger partial charge in [0.05, 0.1) is 6.20 Å².